The monoisotopic (exact) mass is 360 g/mol. The molecule has 0 bridgehead atoms. The fourth-order valence-electron chi connectivity index (χ4n) is 3.84. The first kappa shape index (κ1) is 16.4. The summed E-state index contributed by atoms with van der Waals surface area (Å²) in [6.07, 6.45) is 4.71. The summed E-state index contributed by atoms with van der Waals surface area (Å²) in [6, 6.07) is 12.2. The Bertz CT molecular complexity index is 931. The third kappa shape index (κ3) is 3.44. The standard InChI is InChI=1S/C21H24N6/c1-14-12-18(23-19(22-14)16-9-10-16)27-11-5-8-17(13-27)21-24-20(25-26-21)15-6-3-2-4-7-15/h2-4,6-7,12,16-17H,5,8-11,13H2,1H3,(H,24,25,26). The molecule has 0 radical (unpaired) electrons. The number of piperidine rings is 1. The van der Waals surface area contributed by atoms with Crippen molar-refractivity contribution in [1.29, 1.82) is 0 Å². The summed E-state index contributed by atoms with van der Waals surface area (Å²) < 4.78 is 0. The Morgan fingerprint density at radius 1 is 1.00 bits per heavy atom. The van der Waals surface area contributed by atoms with E-state index in [0.717, 1.165) is 60.5 Å². The zero-order valence-electron chi connectivity index (χ0n) is 15.6. The van der Waals surface area contributed by atoms with Gasteiger partial charge in [0.25, 0.3) is 0 Å². The van der Waals surface area contributed by atoms with E-state index in [-0.39, 0.29) is 0 Å². The van der Waals surface area contributed by atoms with E-state index in [2.05, 4.69) is 33.1 Å². The van der Waals surface area contributed by atoms with Crippen molar-refractivity contribution in [2.75, 3.05) is 18.0 Å². The van der Waals surface area contributed by atoms with Crippen molar-refractivity contribution in [2.24, 2.45) is 0 Å². The number of hydrogen-bond donors (Lipinski definition) is 1. The Kier molecular flexibility index (Phi) is 4.11. The van der Waals surface area contributed by atoms with Crippen LogP contribution in [0.1, 0.15) is 54.9 Å². The molecule has 2 aromatic heterocycles. The SMILES string of the molecule is Cc1cc(N2CCCC(c3nc(-c4ccccc4)n[nH]3)C2)nc(C2CC2)n1. The lowest BCUT2D eigenvalue weighted by atomic mass is 9.97. The quantitative estimate of drug-likeness (QED) is 0.766. The van der Waals surface area contributed by atoms with E-state index in [1.807, 2.05) is 30.3 Å². The molecule has 1 saturated carbocycles. The highest BCUT2D eigenvalue weighted by Crippen LogP contribution is 2.39. The Labute approximate surface area is 159 Å². The van der Waals surface area contributed by atoms with Crippen molar-refractivity contribution in [1.82, 2.24) is 25.1 Å². The van der Waals surface area contributed by atoms with Crippen LogP contribution in [0.2, 0.25) is 0 Å². The van der Waals surface area contributed by atoms with Crippen LogP contribution >= 0.6 is 0 Å². The predicted octanol–water partition coefficient (Wildman–Crippen LogP) is 3.83. The van der Waals surface area contributed by atoms with Crippen molar-refractivity contribution in [3.63, 3.8) is 0 Å². The van der Waals surface area contributed by atoms with Gasteiger partial charge in [0.05, 0.1) is 0 Å². The Hall–Kier alpha value is -2.76. The van der Waals surface area contributed by atoms with Crippen molar-refractivity contribution in [3.8, 4) is 11.4 Å². The van der Waals surface area contributed by atoms with Crippen LogP contribution in [0.5, 0.6) is 0 Å². The number of aryl methyl sites for hydroxylation is 1. The third-order valence-electron chi connectivity index (χ3n) is 5.47. The summed E-state index contributed by atoms with van der Waals surface area (Å²) >= 11 is 0. The fourth-order valence-corrected chi connectivity index (χ4v) is 3.84. The predicted molar refractivity (Wildman–Crippen MR) is 105 cm³/mol. The highest BCUT2D eigenvalue weighted by Gasteiger charge is 2.29. The van der Waals surface area contributed by atoms with Gasteiger partial charge in [0.2, 0.25) is 0 Å². The molecular formula is C21H24N6. The maximum Gasteiger partial charge on any atom is 0.181 e. The molecule has 2 fully saturated rings. The maximum atomic E-state index is 4.87. The molecule has 1 saturated heterocycles. The van der Waals surface area contributed by atoms with E-state index >= 15 is 0 Å². The van der Waals surface area contributed by atoms with Gasteiger partial charge in [-0.05, 0) is 32.6 Å². The third-order valence-corrected chi connectivity index (χ3v) is 5.47. The molecule has 0 amide bonds. The maximum absolute atomic E-state index is 4.87. The van der Waals surface area contributed by atoms with E-state index in [1.54, 1.807) is 0 Å². The largest absolute Gasteiger partial charge is 0.356 e. The lowest BCUT2D eigenvalue weighted by Crippen LogP contribution is -2.35. The van der Waals surface area contributed by atoms with Gasteiger partial charge in [0, 0.05) is 42.2 Å². The lowest BCUT2D eigenvalue weighted by molar-refractivity contribution is 0.489. The first-order chi connectivity index (χ1) is 13.3. The molecule has 1 N–H and O–H groups in total. The number of benzene rings is 1. The number of H-pyrrole nitrogens is 1. The summed E-state index contributed by atoms with van der Waals surface area (Å²) in [4.78, 5) is 16.7. The fraction of sp³-hybridized carbons (Fsp3) is 0.429. The summed E-state index contributed by atoms with van der Waals surface area (Å²) in [5, 5.41) is 7.62. The van der Waals surface area contributed by atoms with Crippen molar-refractivity contribution in [3.05, 3.63) is 53.7 Å². The molecule has 138 valence electrons. The van der Waals surface area contributed by atoms with Gasteiger partial charge in [-0.3, -0.25) is 5.10 Å². The second-order valence-electron chi connectivity index (χ2n) is 7.70. The summed E-state index contributed by atoms with van der Waals surface area (Å²) in [5.41, 5.74) is 2.11. The average molecular weight is 360 g/mol. The molecule has 27 heavy (non-hydrogen) atoms. The topological polar surface area (TPSA) is 70.6 Å². The number of nitrogens with one attached hydrogen (secondary N) is 1. The molecule has 2 aliphatic rings. The minimum Gasteiger partial charge on any atom is -0.356 e. The number of anilines is 1. The zero-order valence-corrected chi connectivity index (χ0v) is 15.6. The van der Waals surface area contributed by atoms with E-state index in [0.29, 0.717) is 11.8 Å². The summed E-state index contributed by atoms with van der Waals surface area (Å²) in [6.45, 7) is 4.03. The van der Waals surface area contributed by atoms with Crippen LogP contribution < -0.4 is 4.90 Å². The van der Waals surface area contributed by atoms with Gasteiger partial charge in [-0.2, -0.15) is 5.10 Å². The second kappa shape index (κ2) is 6.76. The highest BCUT2D eigenvalue weighted by atomic mass is 15.2. The van der Waals surface area contributed by atoms with Crippen LogP contribution in [0.4, 0.5) is 5.82 Å². The first-order valence-corrected chi connectivity index (χ1v) is 9.84. The highest BCUT2D eigenvalue weighted by molar-refractivity contribution is 5.54. The average Bonchev–Trinajstić information content (AvgIpc) is 3.45. The second-order valence-corrected chi connectivity index (χ2v) is 7.70. The molecule has 0 spiro atoms. The Morgan fingerprint density at radius 3 is 2.67 bits per heavy atom. The molecule has 1 aliphatic heterocycles. The van der Waals surface area contributed by atoms with E-state index in [4.69, 9.17) is 9.97 Å². The molecule has 1 aromatic carbocycles. The normalized spacial score (nSPS) is 20.0. The van der Waals surface area contributed by atoms with Crippen LogP contribution in [-0.4, -0.2) is 38.2 Å². The van der Waals surface area contributed by atoms with Gasteiger partial charge in [-0.1, -0.05) is 30.3 Å². The van der Waals surface area contributed by atoms with Crippen LogP contribution in [-0.2, 0) is 0 Å². The molecule has 3 heterocycles. The van der Waals surface area contributed by atoms with Crippen molar-refractivity contribution >= 4 is 5.82 Å². The summed E-state index contributed by atoms with van der Waals surface area (Å²) in [5.74, 6) is 4.77. The van der Waals surface area contributed by atoms with Crippen LogP contribution in [0.3, 0.4) is 0 Å². The number of rotatable bonds is 4. The molecule has 1 aliphatic carbocycles. The van der Waals surface area contributed by atoms with Gasteiger partial charge in [-0.25, -0.2) is 15.0 Å². The number of aromatic amines is 1. The number of nitrogens with zero attached hydrogens (tertiary/aromatic N) is 5. The van der Waals surface area contributed by atoms with Crippen LogP contribution in [0.15, 0.2) is 36.4 Å². The molecule has 6 nitrogen and oxygen atoms in total. The molecule has 1 atom stereocenters. The molecule has 3 aromatic rings. The van der Waals surface area contributed by atoms with Gasteiger partial charge >= 0.3 is 0 Å². The van der Waals surface area contributed by atoms with E-state index in [1.165, 1.54) is 12.8 Å². The minimum atomic E-state index is 0.350. The van der Waals surface area contributed by atoms with Gasteiger partial charge in [0.15, 0.2) is 5.82 Å². The smallest absolute Gasteiger partial charge is 0.181 e. The first-order valence-electron chi connectivity index (χ1n) is 9.84. The lowest BCUT2D eigenvalue weighted by Gasteiger charge is -2.32. The molecule has 5 rings (SSSR count). The molecule has 1 unspecified atom stereocenters. The van der Waals surface area contributed by atoms with E-state index < -0.39 is 0 Å². The van der Waals surface area contributed by atoms with Crippen molar-refractivity contribution in [2.45, 2.75) is 44.4 Å². The Balaban J connectivity index is 1.36. The van der Waals surface area contributed by atoms with Gasteiger partial charge in [-0.15, -0.1) is 0 Å². The number of hydrogen-bond acceptors (Lipinski definition) is 5. The molecule has 6 heteroatoms. The zero-order chi connectivity index (χ0) is 18.2. The van der Waals surface area contributed by atoms with Crippen LogP contribution in [0, 0.1) is 6.92 Å². The number of aromatic nitrogens is 5. The van der Waals surface area contributed by atoms with Gasteiger partial charge < -0.3 is 4.90 Å². The van der Waals surface area contributed by atoms with E-state index in [9.17, 15) is 0 Å². The van der Waals surface area contributed by atoms with Crippen molar-refractivity contribution < 1.29 is 0 Å². The molecular weight excluding hydrogens is 336 g/mol. The summed E-state index contributed by atoms with van der Waals surface area (Å²) in [7, 11) is 0. The Morgan fingerprint density at radius 2 is 1.85 bits per heavy atom. The van der Waals surface area contributed by atoms with Crippen LogP contribution in [0.25, 0.3) is 11.4 Å². The van der Waals surface area contributed by atoms with Gasteiger partial charge in [0.1, 0.15) is 17.5 Å². The minimum absolute atomic E-state index is 0.350.